The van der Waals surface area contributed by atoms with E-state index in [2.05, 4.69) is 53.1 Å². The average molecular weight is 474 g/mol. The van der Waals surface area contributed by atoms with Crippen molar-refractivity contribution in [2.45, 2.75) is 14.6 Å². The van der Waals surface area contributed by atoms with Crippen molar-refractivity contribution >= 4 is 59.9 Å². The summed E-state index contributed by atoms with van der Waals surface area (Å²) in [5.74, 6) is -1.12. The van der Waals surface area contributed by atoms with E-state index in [0.717, 1.165) is 5.56 Å². The number of alkyl halides is 3. The monoisotopic (exact) mass is 471 g/mol. The van der Waals surface area contributed by atoms with Gasteiger partial charge in [0.2, 0.25) is 0 Å². The summed E-state index contributed by atoms with van der Waals surface area (Å²) in [6, 6.07) is 8.00. The number of carbonyl (C=O) groups is 2. The summed E-state index contributed by atoms with van der Waals surface area (Å²) < 4.78 is 4.15. The van der Waals surface area contributed by atoms with E-state index in [-0.39, 0.29) is 13.0 Å². The largest absolute Gasteiger partial charge is 0.480 e. The van der Waals surface area contributed by atoms with Gasteiger partial charge in [-0.1, -0.05) is 78.1 Å². The Morgan fingerprint density at radius 3 is 2.35 bits per heavy atom. The fourth-order valence-corrected chi connectivity index (χ4v) is 1.72. The van der Waals surface area contributed by atoms with Crippen molar-refractivity contribution in [2.24, 2.45) is 0 Å². The highest BCUT2D eigenvalue weighted by Crippen LogP contribution is 2.33. The molecule has 1 aromatic carbocycles. The topological polar surface area (TPSA) is 75.6 Å². The van der Waals surface area contributed by atoms with Crippen LogP contribution in [-0.4, -0.2) is 32.0 Å². The first-order chi connectivity index (χ1) is 9.28. The number of carbonyl (C=O) groups excluding carboxylic acids is 1. The van der Waals surface area contributed by atoms with Gasteiger partial charge in [0.15, 0.2) is 2.14 Å². The number of carboxylic acid groups (broad SMARTS) is 1. The van der Waals surface area contributed by atoms with Gasteiger partial charge in [-0.05, 0) is 5.56 Å². The summed E-state index contributed by atoms with van der Waals surface area (Å²) in [5.41, 5.74) is 0.816. The fraction of sp³-hybridized carbons (Fsp3) is 0.333. The maximum absolute atomic E-state index is 11.5. The minimum Gasteiger partial charge on any atom is -0.480 e. The van der Waals surface area contributed by atoms with Crippen molar-refractivity contribution in [1.29, 1.82) is 0 Å². The van der Waals surface area contributed by atoms with Gasteiger partial charge in [-0.25, -0.2) is 9.59 Å². The van der Waals surface area contributed by atoms with Gasteiger partial charge in [-0.3, -0.25) is 0 Å². The second-order valence-electron chi connectivity index (χ2n) is 3.92. The predicted octanol–water partition coefficient (Wildman–Crippen LogP) is 3.25. The molecule has 0 fully saturated rings. The Labute approximate surface area is 141 Å². The molecule has 0 radical (unpaired) electrons. The predicted molar refractivity (Wildman–Crippen MR) is 85.6 cm³/mol. The molecule has 0 spiro atoms. The van der Waals surface area contributed by atoms with E-state index in [4.69, 9.17) is 9.84 Å². The summed E-state index contributed by atoms with van der Waals surface area (Å²) in [5, 5.41) is 11.4. The molecule has 20 heavy (non-hydrogen) atoms. The molecule has 0 aliphatic rings. The number of rotatable bonds is 5. The van der Waals surface area contributed by atoms with Crippen molar-refractivity contribution in [1.82, 2.24) is 5.32 Å². The van der Waals surface area contributed by atoms with Crippen LogP contribution in [-0.2, 0) is 16.0 Å². The molecule has 1 amide bonds. The molecule has 0 aliphatic carbocycles. The molecule has 0 heterocycles. The molecular formula is C12H12Br3NO4. The first-order valence-corrected chi connectivity index (χ1v) is 7.92. The molecular weight excluding hydrogens is 462 g/mol. The smallest absolute Gasteiger partial charge is 0.407 e. The molecule has 1 aromatic rings. The maximum atomic E-state index is 11.5. The average Bonchev–Trinajstić information content (AvgIpc) is 2.36. The zero-order valence-electron chi connectivity index (χ0n) is 10.2. The van der Waals surface area contributed by atoms with Crippen molar-refractivity contribution in [2.75, 3.05) is 6.61 Å². The second-order valence-corrected chi connectivity index (χ2v) is 11.2. The van der Waals surface area contributed by atoms with E-state index in [1.807, 2.05) is 6.07 Å². The number of benzene rings is 1. The molecule has 0 saturated heterocycles. The normalized spacial score (nSPS) is 12.6. The van der Waals surface area contributed by atoms with Crippen LogP contribution in [0.2, 0.25) is 0 Å². The molecule has 2 N–H and O–H groups in total. The van der Waals surface area contributed by atoms with E-state index in [1.54, 1.807) is 24.3 Å². The lowest BCUT2D eigenvalue weighted by Gasteiger charge is -2.17. The van der Waals surface area contributed by atoms with Crippen LogP contribution in [0.5, 0.6) is 0 Å². The number of nitrogens with one attached hydrogen (secondary N) is 1. The Morgan fingerprint density at radius 1 is 1.25 bits per heavy atom. The third-order valence-corrected chi connectivity index (χ3v) is 2.93. The summed E-state index contributed by atoms with van der Waals surface area (Å²) in [6.07, 6.45) is -0.607. The molecule has 0 aromatic heterocycles. The van der Waals surface area contributed by atoms with Crippen molar-refractivity contribution < 1.29 is 19.4 Å². The molecule has 0 aliphatic heterocycles. The summed E-state index contributed by atoms with van der Waals surface area (Å²) in [4.78, 5) is 22.7. The SMILES string of the molecule is O=C(NC(Cc1ccccc1)C(=O)O)OCC(Br)(Br)Br. The lowest BCUT2D eigenvalue weighted by Crippen LogP contribution is -2.43. The van der Waals surface area contributed by atoms with Crippen LogP contribution in [0.3, 0.4) is 0 Å². The molecule has 1 atom stereocenters. The van der Waals surface area contributed by atoms with E-state index in [0.29, 0.717) is 0 Å². The van der Waals surface area contributed by atoms with E-state index < -0.39 is 20.2 Å². The van der Waals surface area contributed by atoms with Crippen LogP contribution >= 0.6 is 47.8 Å². The Kier molecular flexibility index (Phi) is 6.97. The van der Waals surface area contributed by atoms with Gasteiger partial charge in [-0.2, -0.15) is 0 Å². The Bertz CT molecular complexity index is 462. The van der Waals surface area contributed by atoms with Gasteiger partial charge < -0.3 is 15.2 Å². The van der Waals surface area contributed by atoms with Gasteiger partial charge in [0.1, 0.15) is 12.6 Å². The Morgan fingerprint density at radius 2 is 1.85 bits per heavy atom. The molecule has 110 valence electrons. The molecule has 1 unspecified atom stereocenters. The third kappa shape index (κ3) is 7.25. The Hall–Kier alpha value is -0.600. The van der Waals surface area contributed by atoms with E-state index >= 15 is 0 Å². The molecule has 0 saturated carbocycles. The van der Waals surface area contributed by atoms with Gasteiger partial charge in [-0.15, -0.1) is 0 Å². The van der Waals surface area contributed by atoms with Crippen molar-refractivity contribution in [3.8, 4) is 0 Å². The molecule has 1 rings (SSSR count). The highest BCUT2D eigenvalue weighted by Gasteiger charge is 2.24. The zero-order chi connectivity index (χ0) is 15.2. The highest BCUT2D eigenvalue weighted by molar-refractivity contribution is 9.39. The van der Waals surface area contributed by atoms with Crippen LogP contribution in [0.15, 0.2) is 30.3 Å². The lowest BCUT2D eigenvalue weighted by atomic mass is 10.1. The molecule has 0 bridgehead atoms. The summed E-state index contributed by atoms with van der Waals surface area (Å²) in [7, 11) is 0. The highest BCUT2D eigenvalue weighted by atomic mass is 80.0. The van der Waals surface area contributed by atoms with Crippen LogP contribution < -0.4 is 5.32 Å². The number of aliphatic carboxylic acids is 1. The Balaban J connectivity index is 2.55. The number of carboxylic acids is 1. The first-order valence-electron chi connectivity index (χ1n) is 5.54. The zero-order valence-corrected chi connectivity index (χ0v) is 14.9. The van der Waals surface area contributed by atoms with Gasteiger partial charge >= 0.3 is 12.1 Å². The van der Waals surface area contributed by atoms with E-state index in [1.165, 1.54) is 0 Å². The number of hydrogen-bond acceptors (Lipinski definition) is 3. The number of alkyl carbamates (subject to hydrolysis) is 1. The number of hydrogen-bond donors (Lipinski definition) is 2. The van der Waals surface area contributed by atoms with Crippen molar-refractivity contribution in [3.63, 3.8) is 0 Å². The quantitative estimate of drug-likeness (QED) is 0.644. The fourth-order valence-electron chi connectivity index (χ4n) is 1.38. The van der Waals surface area contributed by atoms with Crippen molar-refractivity contribution in [3.05, 3.63) is 35.9 Å². The summed E-state index contributed by atoms with van der Waals surface area (Å²) in [6.45, 7) is -0.0174. The standard InChI is InChI=1S/C12H12Br3NO4/c13-12(14,15)7-20-11(19)16-9(10(17)18)6-8-4-2-1-3-5-8/h1-5,9H,6-7H2,(H,16,19)(H,17,18). The first kappa shape index (κ1) is 17.5. The third-order valence-electron chi connectivity index (χ3n) is 2.24. The van der Waals surface area contributed by atoms with Gasteiger partial charge in [0.05, 0.1) is 0 Å². The van der Waals surface area contributed by atoms with Crippen LogP contribution in [0.1, 0.15) is 5.56 Å². The summed E-state index contributed by atoms with van der Waals surface area (Å²) >= 11 is 9.50. The van der Waals surface area contributed by atoms with Crippen LogP contribution in [0.4, 0.5) is 4.79 Å². The van der Waals surface area contributed by atoms with Crippen LogP contribution in [0.25, 0.3) is 0 Å². The van der Waals surface area contributed by atoms with E-state index in [9.17, 15) is 9.59 Å². The maximum Gasteiger partial charge on any atom is 0.407 e. The minimum atomic E-state index is -1.12. The number of ether oxygens (including phenoxy) is 1. The number of amides is 1. The van der Waals surface area contributed by atoms with Gasteiger partial charge in [0, 0.05) is 6.42 Å². The minimum absolute atomic E-state index is 0.0174. The number of halogens is 3. The lowest BCUT2D eigenvalue weighted by molar-refractivity contribution is -0.139. The van der Waals surface area contributed by atoms with Crippen LogP contribution in [0, 0.1) is 0 Å². The molecule has 5 nitrogen and oxygen atoms in total. The second kappa shape index (κ2) is 7.99. The van der Waals surface area contributed by atoms with Gasteiger partial charge in [0.25, 0.3) is 0 Å². The molecule has 8 heteroatoms.